The molecule has 0 aromatic heterocycles. The monoisotopic (exact) mass is 485 g/mol. The molecule has 3 N–H and O–H groups in total. The van der Waals surface area contributed by atoms with Crippen LogP contribution in [0.5, 0.6) is 11.5 Å². The molecule has 12 nitrogen and oxygen atoms in total. The minimum absolute atomic E-state index is 0.103. The van der Waals surface area contributed by atoms with Crippen LogP contribution in [-0.2, 0) is 16.0 Å². The first-order valence-electron chi connectivity index (χ1n) is 10.5. The highest BCUT2D eigenvalue weighted by Crippen LogP contribution is 2.46. The highest BCUT2D eigenvalue weighted by molar-refractivity contribution is 5.80. The fraction of sp³-hybridized carbons (Fsp3) is 0.391. The van der Waals surface area contributed by atoms with Crippen molar-refractivity contribution < 1.29 is 29.0 Å². The van der Waals surface area contributed by atoms with Crippen LogP contribution < -0.4 is 15.2 Å². The van der Waals surface area contributed by atoms with Crippen molar-refractivity contribution in [1.29, 1.82) is 5.26 Å². The number of hydrogen-bond acceptors (Lipinski definition) is 9. The average Bonchev–Trinajstić information content (AvgIpc) is 2.84. The van der Waals surface area contributed by atoms with Crippen LogP contribution in [-0.4, -0.2) is 60.2 Å². The first-order chi connectivity index (χ1) is 16.7. The molecule has 3 atom stereocenters. The molecule has 1 heterocycles. The Morgan fingerprint density at radius 2 is 1.97 bits per heavy atom. The summed E-state index contributed by atoms with van der Waals surface area (Å²) in [7, 11) is 4.34. The zero-order valence-corrected chi connectivity index (χ0v) is 19.7. The maximum Gasteiger partial charge on any atom is 0.270 e. The molecule has 12 heteroatoms. The van der Waals surface area contributed by atoms with Gasteiger partial charge in [-0.05, 0) is 30.7 Å². The number of nitriles is 1. The van der Waals surface area contributed by atoms with Crippen LogP contribution in [0, 0.1) is 21.6 Å². The second-order valence-corrected chi connectivity index (χ2v) is 8.00. The Morgan fingerprint density at radius 3 is 2.51 bits per heavy atom. The molecule has 0 saturated carbocycles. The van der Waals surface area contributed by atoms with E-state index < -0.39 is 29.0 Å². The minimum atomic E-state index is -1.46. The van der Waals surface area contributed by atoms with Crippen LogP contribution in [0.1, 0.15) is 24.1 Å². The number of nitro groups is 1. The van der Waals surface area contributed by atoms with Crippen molar-refractivity contribution in [2.45, 2.75) is 37.5 Å². The molecule has 2 aromatic carbocycles. The van der Waals surface area contributed by atoms with Crippen molar-refractivity contribution in [2.24, 2.45) is 10.7 Å². The normalized spacial score (nSPS) is 21.6. The van der Waals surface area contributed by atoms with Gasteiger partial charge in [-0.3, -0.25) is 10.1 Å². The third-order valence-electron chi connectivity index (χ3n) is 5.94. The zero-order valence-electron chi connectivity index (χ0n) is 19.7. The molecule has 186 valence electrons. The lowest BCUT2D eigenvalue weighted by atomic mass is 9.83. The third kappa shape index (κ3) is 4.97. The van der Waals surface area contributed by atoms with E-state index in [9.17, 15) is 20.5 Å². The Hall–Kier alpha value is -3.92. The summed E-state index contributed by atoms with van der Waals surface area (Å²) < 4.78 is 22.1. The standard InChI is InChI=1S/C23H27N5O7/c1-23(21(33-3)34-4)20(29)19(17-11-15(28(30)31)7-10-18(17)35-23)27(22(25)26-13-24)12-14-5-8-16(32-2)9-6-14/h5-11,19-21,29H,12H2,1-4H3,(H2,25,26)/t19-,20+,23+/m0/s1. The molecular formula is C23H27N5O7. The van der Waals surface area contributed by atoms with E-state index in [-0.39, 0.29) is 23.9 Å². The lowest BCUT2D eigenvalue weighted by molar-refractivity contribution is -0.385. The van der Waals surface area contributed by atoms with E-state index in [2.05, 4.69) is 4.99 Å². The van der Waals surface area contributed by atoms with E-state index in [1.54, 1.807) is 44.5 Å². The number of guanidine groups is 1. The van der Waals surface area contributed by atoms with Crippen molar-refractivity contribution in [3.05, 3.63) is 63.7 Å². The summed E-state index contributed by atoms with van der Waals surface area (Å²) in [4.78, 5) is 16.1. The lowest BCUT2D eigenvalue weighted by Crippen LogP contribution is -2.63. The SMILES string of the molecule is COc1ccc(CN(C(N)=NC#N)[C@H]2c3cc([N+](=O)[O-])ccc3O[C@@](C)(C(OC)OC)[C@@H]2O)cc1. The fourth-order valence-electron chi connectivity index (χ4n) is 4.21. The van der Waals surface area contributed by atoms with E-state index in [1.807, 2.05) is 0 Å². The van der Waals surface area contributed by atoms with Gasteiger partial charge in [-0.15, -0.1) is 4.99 Å². The number of aliphatic hydroxyl groups excluding tert-OH is 1. The van der Waals surface area contributed by atoms with Crippen LogP contribution in [0.4, 0.5) is 5.69 Å². The van der Waals surface area contributed by atoms with Crippen molar-refractivity contribution in [3.63, 3.8) is 0 Å². The van der Waals surface area contributed by atoms with Crippen LogP contribution in [0.15, 0.2) is 47.5 Å². The highest BCUT2D eigenvalue weighted by Gasteiger charge is 2.54. The number of nitro benzene ring substituents is 1. The number of aliphatic hydroxyl groups is 1. The van der Waals surface area contributed by atoms with Gasteiger partial charge in [0.2, 0.25) is 12.2 Å². The van der Waals surface area contributed by atoms with Gasteiger partial charge < -0.3 is 34.7 Å². The van der Waals surface area contributed by atoms with E-state index in [0.29, 0.717) is 11.3 Å². The first-order valence-corrected chi connectivity index (χ1v) is 10.5. The topological polar surface area (TPSA) is 166 Å². The van der Waals surface area contributed by atoms with Crippen LogP contribution in [0.2, 0.25) is 0 Å². The van der Waals surface area contributed by atoms with Gasteiger partial charge in [0.15, 0.2) is 11.9 Å². The number of nitrogens with zero attached hydrogens (tertiary/aromatic N) is 4. The van der Waals surface area contributed by atoms with Crippen molar-refractivity contribution in [2.75, 3.05) is 21.3 Å². The molecule has 0 radical (unpaired) electrons. The van der Waals surface area contributed by atoms with Gasteiger partial charge >= 0.3 is 0 Å². The maximum absolute atomic E-state index is 11.6. The van der Waals surface area contributed by atoms with Crippen LogP contribution in [0.3, 0.4) is 0 Å². The van der Waals surface area contributed by atoms with Gasteiger partial charge in [0.1, 0.15) is 17.6 Å². The number of non-ortho nitro benzene ring substituents is 1. The molecule has 35 heavy (non-hydrogen) atoms. The van der Waals surface area contributed by atoms with Gasteiger partial charge in [-0.25, -0.2) is 0 Å². The summed E-state index contributed by atoms with van der Waals surface area (Å²) in [6.45, 7) is 1.70. The van der Waals surface area contributed by atoms with Gasteiger partial charge in [0.25, 0.3) is 5.69 Å². The average molecular weight is 485 g/mol. The van der Waals surface area contributed by atoms with Crippen molar-refractivity contribution >= 4 is 11.6 Å². The number of rotatable bonds is 8. The molecular weight excluding hydrogens is 458 g/mol. The largest absolute Gasteiger partial charge is 0.497 e. The van der Waals surface area contributed by atoms with E-state index in [0.717, 1.165) is 5.56 Å². The van der Waals surface area contributed by atoms with E-state index in [1.165, 1.54) is 37.3 Å². The third-order valence-corrected chi connectivity index (χ3v) is 5.94. The van der Waals surface area contributed by atoms with Gasteiger partial charge in [0, 0.05) is 38.5 Å². The number of hydrogen-bond donors (Lipinski definition) is 2. The van der Waals surface area contributed by atoms with Gasteiger partial charge in [-0.2, -0.15) is 5.26 Å². The van der Waals surface area contributed by atoms with Crippen LogP contribution in [0.25, 0.3) is 0 Å². The number of methoxy groups -OCH3 is 3. The molecule has 0 aliphatic carbocycles. The Labute approximate surface area is 202 Å². The lowest BCUT2D eigenvalue weighted by Gasteiger charge is -2.49. The number of fused-ring (bicyclic) bond motifs is 1. The molecule has 0 spiro atoms. The smallest absolute Gasteiger partial charge is 0.270 e. The number of ether oxygens (including phenoxy) is 4. The molecule has 1 aliphatic rings. The van der Waals surface area contributed by atoms with E-state index in [4.69, 9.17) is 24.7 Å². The Bertz CT molecular complexity index is 1130. The summed E-state index contributed by atoms with van der Waals surface area (Å²) in [6.07, 6.45) is -0.739. The number of benzene rings is 2. The molecule has 0 fully saturated rings. The Morgan fingerprint density at radius 1 is 1.31 bits per heavy atom. The first kappa shape index (κ1) is 25.7. The molecule has 3 rings (SSSR count). The second kappa shape index (κ2) is 10.6. The van der Waals surface area contributed by atoms with Crippen molar-refractivity contribution in [1.82, 2.24) is 4.90 Å². The minimum Gasteiger partial charge on any atom is -0.497 e. The predicted molar refractivity (Wildman–Crippen MR) is 124 cm³/mol. The molecule has 0 saturated heterocycles. The summed E-state index contributed by atoms with van der Waals surface area (Å²) in [5, 5.41) is 32.3. The molecule has 2 aromatic rings. The van der Waals surface area contributed by atoms with Crippen LogP contribution >= 0.6 is 0 Å². The number of nitrogens with two attached hydrogens (primary N) is 1. The number of aliphatic imine (C=N–C) groups is 1. The van der Waals surface area contributed by atoms with E-state index >= 15 is 0 Å². The second-order valence-electron chi connectivity index (χ2n) is 8.00. The fourth-order valence-corrected chi connectivity index (χ4v) is 4.21. The summed E-state index contributed by atoms with van der Waals surface area (Å²) >= 11 is 0. The Balaban J connectivity index is 2.20. The molecule has 0 amide bonds. The highest BCUT2D eigenvalue weighted by atomic mass is 16.7. The predicted octanol–water partition coefficient (Wildman–Crippen LogP) is 2.07. The molecule has 0 bridgehead atoms. The molecule has 0 unspecified atom stereocenters. The van der Waals surface area contributed by atoms with Gasteiger partial charge in [0.05, 0.1) is 18.1 Å². The summed E-state index contributed by atoms with van der Waals surface area (Å²) in [5.41, 5.74) is 5.57. The van der Waals surface area contributed by atoms with Crippen molar-refractivity contribution in [3.8, 4) is 17.7 Å². The zero-order chi connectivity index (χ0) is 25.8. The summed E-state index contributed by atoms with van der Waals surface area (Å²) in [5.74, 6) is 0.707. The van der Waals surface area contributed by atoms with Gasteiger partial charge in [-0.1, -0.05) is 12.1 Å². The Kier molecular flexibility index (Phi) is 7.75. The molecule has 1 aliphatic heterocycles. The maximum atomic E-state index is 11.6. The quantitative estimate of drug-likeness (QED) is 0.141. The summed E-state index contributed by atoms with van der Waals surface area (Å²) in [6, 6.07) is 10.1.